The summed E-state index contributed by atoms with van der Waals surface area (Å²) in [5, 5.41) is 0. The Balaban J connectivity index is 2.45. The lowest BCUT2D eigenvalue weighted by Gasteiger charge is -2.27. The molecule has 0 heterocycles. The number of ketones is 2. The highest BCUT2D eigenvalue weighted by atomic mass is 16.1. The van der Waals surface area contributed by atoms with Gasteiger partial charge in [-0.1, -0.05) is 13.3 Å². The predicted molar refractivity (Wildman–Crippen MR) is 78.0 cm³/mol. The van der Waals surface area contributed by atoms with Gasteiger partial charge in [0.1, 0.15) is 11.6 Å². The number of carbonyl (C=O) groups excluding carboxylic acids is 3. The molecule has 1 unspecified atom stereocenters. The van der Waals surface area contributed by atoms with Crippen LogP contribution in [-0.2, 0) is 14.4 Å². The average Bonchev–Trinajstić information content (AvgIpc) is 2.42. The fourth-order valence-electron chi connectivity index (χ4n) is 3.07. The zero-order chi connectivity index (χ0) is 15.1. The maximum Gasteiger partial charge on any atom is 0.217 e. The maximum absolute atomic E-state index is 12.3. The molecule has 0 radical (unpaired) electrons. The van der Waals surface area contributed by atoms with E-state index in [1.54, 1.807) is 0 Å². The van der Waals surface area contributed by atoms with Crippen LogP contribution >= 0.6 is 0 Å². The van der Waals surface area contributed by atoms with E-state index in [2.05, 4.69) is 6.92 Å². The van der Waals surface area contributed by atoms with Crippen molar-refractivity contribution in [3.8, 4) is 0 Å². The third-order valence-corrected chi connectivity index (χ3v) is 4.64. The Kier molecular flexibility index (Phi) is 6.89. The molecule has 0 aromatic carbocycles. The fraction of sp³-hybridized carbons (Fsp3) is 0.812. The van der Waals surface area contributed by atoms with Gasteiger partial charge in [-0.3, -0.25) is 14.4 Å². The molecule has 1 rings (SSSR count). The minimum absolute atomic E-state index is 0.0122. The Morgan fingerprint density at radius 2 is 1.75 bits per heavy atom. The number of nitrogens with two attached hydrogens (primary N) is 1. The summed E-state index contributed by atoms with van der Waals surface area (Å²) in [6.07, 6.45) is 6.22. The van der Waals surface area contributed by atoms with Crippen molar-refractivity contribution in [2.24, 2.45) is 23.5 Å². The summed E-state index contributed by atoms with van der Waals surface area (Å²) in [5.74, 6) is 0.322. The number of rotatable bonds is 8. The smallest absolute Gasteiger partial charge is 0.217 e. The van der Waals surface area contributed by atoms with E-state index in [1.807, 2.05) is 0 Å². The molecule has 0 bridgehead atoms. The molecule has 114 valence electrons. The van der Waals surface area contributed by atoms with Gasteiger partial charge in [0.05, 0.1) is 0 Å². The molecule has 1 fully saturated rings. The molecule has 0 aromatic rings. The van der Waals surface area contributed by atoms with Crippen LogP contribution in [0.1, 0.15) is 65.2 Å². The first-order chi connectivity index (χ1) is 9.43. The number of Topliss-reactive ketones (excluding diaryl/α,β-unsaturated/α-hetero) is 2. The summed E-state index contributed by atoms with van der Waals surface area (Å²) in [5.41, 5.74) is 5.11. The molecule has 1 aliphatic rings. The highest BCUT2D eigenvalue weighted by Gasteiger charge is 2.28. The van der Waals surface area contributed by atoms with E-state index < -0.39 is 5.91 Å². The minimum atomic E-state index is -0.410. The minimum Gasteiger partial charge on any atom is -0.370 e. The molecule has 1 saturated carbocycles. The third-order valence-electron chi connectivity index (χ3n) is 4.64. The standard InChI is InChI=1S/C16H27NO3/c1-3-12-4-6-13(7-5-12)15(19)10-14(11(2)18)8-9-16(17)20/h12-14H,3-10H2,1-2H3,(H2,17,20). The van der Waals surface area contributed by atoms with Crippen LogP contribution < -0.4 is 5.73 Å². The molecule has 1 aliphatic carbocycles. The van der Waals surface area contributed by atoms with Gasteiger partial charge < -0.3 is 5.73 Å². The molecular weight excluding hydrogens is 254 g/mol. The number of primary amides is 1. The van der Waals surface area contributed by atoms with E-state index >= 15 is 0 Å². The SMILES string of the molecule is CCC1CCC(C(=O)CC(CCC(N)=O)C(C)=O)CC1. The van der Waals surface area contributed by atoms with Gasteiger partial charge >= 0.3 is 0 Å². The molecule has 0 aromatic heterocycles. The topological polar surface area (TPSA) is 77.2 Å². The first-order valence-electron chi connectivity index (χ1n) is 7.75. The van der Waals surface area contributed by atoms with Crippen molar-refractivity contribution in [2.75, 3.05) is 0 Å². The number of hydrogen-bond acceptors (Lipinski definition) is 3. The van der Waals surface area contributed by atoms with E-state index in [1.165, 1.54) is 13.3 Å². The predicted octanol–water partition coefficient (Wildman–Crippen LogP) is 2.63. The second-order valence-corrected chi connectivity index (χ2v) is 6.11. The summed E-state index contributed by atoms with van der Waals surface area (Å²) < 4.78 is 0. The second kappa shape index (κ2) is 8.18. The summed E-state index contributed by atoms with van der Waals surface area (Å²) in [4.78, 5) is 34.7. The molecule has 0 saturated heterocycles. The highest BCUT2D eigenvalue weighted by Crippen LogP contribution is 2.32. The van der Waals surface area contributed by atoms with E-state index in [0.717, 1.165) is 31.6 Å². The van der Waals surface area contributed by atoms with Gasteiger partial charge in [-0.05, 0) is 44.9 Å². The second-order valence-electron chi connectivity index (χ2n) is 6.11. The number of carbonyl (C=O) groups is 3. The highest BCUT2D eigenvalue weighted by molar-refractivity contribution is 5.88. The Morgan fingerprint density at radius 3 is 2.20 bits per heavy atom. The third kappa shape index (κ3) is 5.43. The van der Waals surface area contributed by atoms with Gasteiger partial charge in [-0.15, -0.1) is 0 Å². The lowest BCUT2D eigenvalue weighted by Crippen LogP contribution is -2.26. The quantitative estimate of drug-likeness (QED) is 0.743. The molecule has 1 atom stereocenters. The first-order valence-corrected chi connectivity index (χ1v) is 7.75. The van der Waals surface area contributed by atoms with Gasteiger partial charge in [0.25, 0.3) is 0 Å². The molecule has 2 N–H and O–H groups in total. The van der Waals surface area contributed by atoms with Crippen molar-refractivity contribution in [2.45, 2.75) is 65.2 Å². The Morgan fingerprint density at radius 1 is 1.15 bits per heavy atom. The molecule has 1 amide bonds. The number of amides is 1. The van der Waals surface area contributed by atoms with Crippen molar-refractivity contribution in [3.63, 3.8) is 0 Å². The van der Waals surface area contributed by atoms with Crippen LogP contribution in [0.3, 0.4) is 0 Å². The lowest BCUT2D eigenvalue weighted by atomic mass is 9.77. The van der Waals surface area contributed by atoms with Crippen LogP contribution in [0.15, 0.2) is 0 Å². The fourth-order valence-corrected chi connectivity index (χ4v) is 3.07. The molecule has 4 heteroatoms. The van der Waals surface area contributed by atoms with Gasteiger partial charge in [0, 0.05) is 24.7 Å². The van der Waals surface area contributed by atoms with Crippen molar-refractivity contribution in [1.29, 1.82) is 0 Å². The van der Waals surface area contributed by atoms with Crippen LogP contribution in [0.4, 0.5) is 0 Å². The van der Waals surface area contributed by atoms with E-state index in [4.69, 9.17) is 5.73 Å². The zero-order valence-electron chi connectivity index (χ0n) is 12.7. The molecular formula is C16H27NO3. The van der Waals surface area contributed by atoms with Gasteiger partial charge in [0.15, 0.2) is 0 Å². The summed E-state index contributed by atoms with van der Waals surface area (Å²) in [6.45, 7) is 3.69. The van der Waals surface area contributed by atoms with Crippen LogP contribution in [0, 0.1) is 17.8 Å². The van der Waals surface area contributed by atoms with Crippen molar-refractivity contribution in [1.82, 2.24) is 0 Å². The number of hydrogen-bond donors (Lipinski definition) is 1. The van der Waals surface area contributed by atoms with E-state index in [-0.39, 0.29) is 36.2 Å². The molecule has 0 aliphatic heterocycles. The summed E-state index contributed by atoms with van der Waals surface area (Å²) in [7, 11) is 0. The van der Waals surface area contributed by atoms with Gasteiger partial charge in [-0.25, -0.2) is 0 Å². The molecule has 0 spiro atoms. The summed E-state index contributed by atoms with van der Waals surface area (Å²) in [6, 6.07) is 0. The normalized spacial score (nSPS) is 24.1. The van der Waals surface area contributed by atoms with Gasteiger partial charge in [-0.2, -0.15) is 0 Å². The first kappa shape index (κ1) is 16.9. The lowest BCUT2D eigenvalue weighted by molar-refractivity contribution is -0.130. The molecule has 20 heavy (non-hydrogen) atoms. The maximum atomic E-state index is 12.3. The van der Waals surface area contributed by atoms with Crippen molar-refractivity contribution in [3.05, 3.63) is 0 Å². The van der Waals surface area contributed by atoms with Crippen LogP contribution in [0.25, 0.3) is 0 Å². The van der Waals surface area contributed by atoms with Crippen LogP contribution in [-0.4, -0.2) is 17.5 Å². The van der Waals surface area contributed by atoms with Crippen LogP contribution in [0.5, 0.6) is 0 Å². The van der Waals surface area contributed by atoms with Crippen LogP contribution in [0.2, 0.25) is 0 Å². The van der Waals surface area contributed by atoms with Crippen molar-refractivity contribution < 1.29 is 14.4 Å². The Hall–Kier alpha value is -1.19. The monoisotopic (exact) mass is 281 g/mol. The Labute approximate surface area is 121 Å². The van der Waals surface area contributed by atoms with Gasteiger partial charge in [0.2, 0.25) is 5.91 Å². The average molecular weight is 281 g/mol. The van der Waals surface area contributed by atoms with E-state index in [0.29, 0.717) is 6.42 Å². The largest absolute Gasteiger partial charge is 0.370 e. The molecule has 4 nitrogen and oxygen atoms in total. The van der Waals surface area contributed by atoms with Crippen molar-refractivity contribution >= 4 is 17.5 Å². The van der Waals surface area contributed by atoms with E-state index in [9.17, 15) is 14.4 Å². The zero-order valence-corrected chi connectivity index (χ0v) is 12.7. The Bertz CT molecular complexity index is 357. The summed E-state index contributed by atoms with van der Waals surface area (Å²) >= 11 is 0.